The van der Waals surface area contributed by atoms with E-state index in [0.29, 0.717) is 16.6 Å². The zero-order valence-corrected chi connectivity index (χ0v) is 9.67. The van der Waals surface area contributed by atoms with Gasteiger partial charge in [0.05, 0.1) is 12.4 Å². The summed E-state index contributed by atoms with van der Waals surface area (Å²) < 4.78 is 4.93. The van der Waals surface area contributed by atoms with Gasteiger partial charge in [-0.3, -0.25) is 0 Å². The Hall–Kier alpha value is -1.47. The number of carboxylic acid groups (broad SMARTS) is 1. The van der Waals surface area contributed by atoms with Crippen LogP contribution in [-0.4, -0.2) is 23.5 Å². The SMILES string of the molecule is COc1ccc(C#CCBr)cc1C(=O)O. The molecule has 1 aromatic carbocycles. The van der Waals surface area contributed by atoms with E-state index in [1.807, 2.05) is 0 Å². The molecule has 0 aliphatic heterocycles. The Morgan fingerprint density at radius 3 is 2.87 bits per heavy atom. The molecule has 15 heavy (non-hydrogen) atoms. The third-order valence-corrected chi connectivity index (χ3v) is 2.01. The van der Waals surface area contributed by atoms with Crippen molar-refractivity contribution in [2.45, 2.75) is 0 Å². The lowest BCUT2D eigenvalue weighted by Gasteiger charge is -2.04. The van der Waals surface area contributed by atoms with Crippen molar-refractivity contribution in [3.63, 3.8) is 0 Å². The van der Waals surface area contributed by atoms with Gasteiger partial charge in [0.2, 0.25) is 0 Å². The molecular weight excluding hydrogens is 260 g/mol. The van der Waals surface area contributed by atoms with Gasteiger partial charge in [0.1, 0.15) is 11.3 Å². The molecule has 0 saturated heterocycles. The number of carbonyl (C=O) groups is 1. The third kappa shape index (κ3) is 3.00. The molecule has 0 unspecified atom stereocenters. The van der Waals surface area contributed by atoms with Crippen LogP contribution < -0.4 is 4.74 Å². The zero-order chi connectivity index (χ0) is 11.3. The molecule has 1 rings (SSSR count). The summed E-state index contributed by atoms with van der Waals surface area (Å²) >= 11 is 3.17. The number of ether oxygens (including phenoxy) is 1. The summed E-state index contributed by atoms with van der Waals surface area (Å²) in [7, 11) is 1.44. The molecule has 4 heteroatoms. The largest absolute Gasteiger partial charge is 0.496 e. The molecule has 0 bridgehead atoms. The molecule has 0 fully saturated rings. The van der Waals surface area contributed by atoms with E-state index in [-0.39, 0.29) is 5.56 Å². The fourth-order valence-corrected chi connectivity index (χ4v) is 1.23. The summed E-state index contributed by atoms with van der Waals surface area (Å²) in [5.74, 6) is 4.95. The van der Waals surface area contributed by atoms with Crippen LogP contribution in [0.4, 0.5) is 0 Å². The van der Waals surface area contributed by atoms with Crippen molar-refractivity contribution in [1.29, 1.82) is 0 Å². The Morgan fingerprint density at radius 1 is 1.60 bits per heavy atom. The van der Waals surface area contributed by atoms with Gasteiger partial charge in [-0.25, -0.2) is 4.79 Å². The number of alkyl halides is 1. The Balaban J connectivity index is 3.16. The van der Waals surface area contributed by atoms with Gasteiger partial charge in [-0.2, -0.15) is 0 Å². The molecular formula is C11H9BrO3. The highest BCUT2D eigenvalue weighted by Gasteiger charge is 2.10. The average Bonchev–Trinajstić information content (AvgIpc) is 2.25. The topological polar surface area (TPSA) is 46.5 Å². The second kappa shape index (κ2) is 5.42. The normalized spacial score (nSPS) is 8.93. The van der Waals surface area contributed by atoms with Crippen LogP contribution in [0.3, 0.4) is 0 Å². The van der Waals surface area contributed by atoms with E-state index in [0.717, 1.165) is 0 Å². The summed E-state index contributed by atoms with van der Waals surface area (Å²) in [6, 6.07) is 4.82. The number of benzene rings is 1. The summed E-state index contributed by atoms with van der Waals surface area (Å²) in [4.78, 5) is 10.9. The minimum absolute atomic E-state index is 0.124. The first-order valence-corrected chi connectivity index (χ1v) is 5.27. The minimum atomic E-state index is -1.02. The molecule has 0 atom stereocenters. The van der Waals surface area contributed by atoms with Gasteiger partial charge < -0.3 is 9.84 Å². The monoisotopic (exact) mass is 268 g/mol. The molecule has 0 amide bonds. The van der Waals surface area contributed by atoms with E-state index in [2.05, 4.69) is 27.8 Å². The zero-order valence-electron chi connectivity index (χ0n) is 8.08. The first kappa shape index (κ1) is 11.6. The van der Waals surface area contributed by atoms with Crippen LogP contribution in [-0.2, 0) is 0 Å². The maximum atomic E-state index is 10.9. The van der Waals surface area contributed by atoms with E-state index < -0.39 is 5.97 Å². The lowest BCUT2D eigenvalue weighted by atomic mass is 10.1. The van der Waals surface area contributed by atoms with E-state index in [4.69, 9.17) is 9.84 Å². The van der Waals surface area contributed by atoms with Gasteiger partial charge in [-0.1, -0.05) is 27.8 Å². The Bertz CT molecular complexity index is 429. The standard InChI is InChI=1S/C11H9BrO3/c1-15-10-5-4-8(3-2-6-12)7-9(10)11(13)14/h4-5,7H,6H2,1H3,(H,13,14). The molecule has 0 heterocycles. The van der Waals surface area contributed by atoms with Gasteiger partial charge in [-0.15, -0.1) is 0 Å². The van der Waals surface area contributed by atoms with Gasteiger partial charge >= 0.3 is 5.97 Å². The van der Waals surface area contributed by atoms with Crippen LogP contribution in [0.15, 0.2) is 18.2 Å². The molecule has 0 radical (unpaired) electrons. The predicted octanol–water partition coefficient (Wildman–Crippen LogP) is 2.14. The number of hydrogen-bond donors (Lipinski definition) is 1. The Kier molecular flexibility index (Phi) is 4.19. The fourth-order valence-electron chi connectivity index (χ4n) is 1.09. The highest BCUT2D eigenvalue weighted by atomic mass is 79.9. The molecule has 0 aliphatic rings. The van der Waals surface area contributed by atoms with Gasteiger partial charge in [0, 0.05) is 5.56 Å². The highest BCUT2D eigenvalue weighted by Crippen LogP contribution is 2.19. The van der Waals surface area contributed by atoms with Crippen molar-refractivity contribution in [3.8, 4) is 17.6 Å². The van der Waals surface area contributed by atoms with Crippen molar-refractivity contribution in [2.75, 3.05) is 12.4 Å². The van der Waals surface area contributed by atoms with Crippen molar-refractivity contribution in [2.24, 2.45) is 0 Å². The first-order valence-electron chi connectivity index (χ1n) is 4.15. The summed E-state index contributed by atoms with van der Waals surface area (Å²) in [6.07, 6.45) is 0. The van der Waals surface area contributed by atoms with Crippen LogP contribution in [0.5, 0.6) is 5.75 Å². The molecule has 78 valence electrons. The summed E-state index contributed by atoms with van der Waals surface area (Å²) in [6.45, 7) is 0. The van der Waals surface area contributed by atoms with Crippen LogP contribution >= 0.6 is 15.9 Å². The van der Waals surface area contributed by atoms with Crippen LogP contribution in [0.2, 0.25) is 0 Å². The smallest absolute Gasteiger partial charge is 0.339 e. The number of methoxy groups -OCH3 is 1. The number of carboxylic acids is 1. The Morgan fingerprint density at radius 2 is 2.33 bits per heavy atom. The van der Waals surface area contributed by atoms with Gasteiger partial charge in [-0.05, 0) is 18.2 Å². The van der Waals surface area contributed by atoms with Crippen LogP contribution in [0, 0.1) is 11.8 Å². The number of rotatable bonds is 2. The van der Waals surface area contributed by atoms with E-state index in [1.54, 1.807) is 12.1 Å². The lowest BCUT2D eigenvalue weighted by molar-refractivity contribution is 0.0693. The maximum absolute atomic E-state index is 10.9. The molecule has 3 nitrogen and oxygen atoms in total. The number of halogens is 1. The minimum Gasteiger partial charge on any atom is -0.496 e. The lowest BCUT2D eigenvalue weighted by Crippen LogP contribution is -2.00. The summed E-state index contributed by atoms with van der Waals surface area (Å²) in [5.41, 5.74) is 0.784. The van der Waals surface area contributed by atoms with Gasteiger partial charge in [0.15, 0.2) is 0 Å². The van der Waals surface area contributed by atoms with Crippen molar-refractivity contribution in [3.05, 3.63) is 29.3 Å². The second-order valence-corrected chi connectivity index (χ2v) is 3.22. The first-order chi connectivity index (χ1) is 7.19. The molecule has 0 aliphatic carbocycles. The third-order valence-electron chi connectivity index (χ3n) is 1.73. The van der Waals surface area contributed by atoms with Crippen LogP contribution in [0.1, 0.15) is 15.9 Å². The van der Waals surface area contributed by atoms with Crippen LogP contribution in [0.25, 0.3) is 0 Å². The van der Waals surface area contributed by atoms with E-state index >= 15 is 0 Å². The Labute approximate surface area is 96.2 Å². The van der Waals surface area contributed by atoms with Crippen molar-refractivity contribution >= 4 is 21.9 Å². The maximum Gasteiger partial charge on any atom is 0.339 e. The molecule has 0 aromatic heterocycles. The van der Waals surface area contributed by atoms with E-state index in [9.17, 15) is 4.79 Å². The quantitative estimate of drug-likeness (QED) is 0.661. The van der Waals surface area contributed by atoms with Crippen molar-refractivity contribution < 1.29 is 14.6 Å². The highest BCUT2D eigenvalue weighted by molar-refractivity contribution is 9.09. The van der Waals surface area contributed by atoms with Gasteiger partial charge in [0.25, 0.3) is 0 Å². The molecule has 1 N–H and O–H groups in total. The van der Waals surface area contributed by atoms with E-state index in [1.165, 1.54) is 13.2 Å². The average molecular weight is 269 g/mol. The molecule has 0 spiro atoms. The fraction of sp³-hybridized carbons (Fsp3) is 0.182. The predicted molar refractivity (Wildman–Crippen MR) is 60.6 cm³/mol. The summed E-state index contributed by atoms with van der Waals surface area (Å²) in [5, 5.41) is 9.47. The van der Waals surface area contributed by atoms with Crippen molar-refractivity contribution in [1.82, 2.24) is 0 Å². The second-order valence-electron chi connectivity index (χ2n) is 2.66. The molecule has 1 aromatic rings. The number of aromatic carboxylic acids is 1. The number of hydrogen-bond acceptors (Lipinski definition) is 2. The molecule has 0 saturated carbocycles.